The van der Waals surface area contributed by atoms with Crippen molar-refractivity contribution in [1.29, 1.82) is 0 Å². The number of aryl methyl sites for hydroxylation is 1. The molecule has 4 aromatic rings. The number of hydrogen-bond acceptors (Lipinski definition) is 6. The molecule has 2 aromatic carbocycles. The highest BCUT2D eigenvalue weighted by Gasteiger charge is 2.15. The van der Waals surface area contributed by atoms with E-state index in [4.69, 9.17) is 4.74 Å². The second kappa shape index (κ2) is 8.57. The summed E-state index contributed by atoms with van der Waals surface area (Å²) in [5.74, 6) is 0.610. The summed E-state index contributed by atoms with van der Waals surface area (Å²) >= 11 is 1.47. The van der Waals surface area contributed by atoms with Crippen molar-refractivity contribution < 1.29 is 14.5 Å². The smallest absolute Gasteiger partial charge is 0.269 e. The van der Waals surface area contributed by atoms with Gasteiger partial charge in [-0.2, -0.15) is 0 Å². The number of benzene rings is 2. The van der Waals surface area contributed by atoms with Crippen LogP contribution in [0.1, 0.15) is 18.2 Å². The molecule has 1 amide bonds. The van der Waals surface area contributed by atoms with Crippen LogP contribution in [-0.4, -0.2) is 26.8 Å². The Kier molecular flexibility index (Phi) is 5.68. The van der Waals surface area contributed by atoms with Crippen molar-refractivity contribution in [2.24, 2.45) is 0 Å². The van der Waals surface area contributed by atoms with Gasteiger partial charge in [0.05, 0.1) is 23.6 Å². The van der Waals surface area contributed by atoms with E-state index in [9.17, 15) is 14.9 Å². The van der Waals surface area contributed by atoms with Crippen LogP contribution in [0.2, 0.25) is 0 Å². The van der Waals surface area contributed by atoms with Gasteiger partial charge >= 0.3 is 0 Å². The fourth-order valence-electron chi connectivity index (χ4n) is 3.24. The zero-order chi connectivity index (χ0) is 22.0. The van der Waals surface area contributed by atoms with E-state index in [2.05, 4.69) is 10.3 Å². The molecule has 0 saturated heterocycles. The highest BCUT2D eigenvalue weighted by molar-refractivity contribution is 7.15. The third-order valence-corrected chi connectivity index (χ3v) is 5.67. The maximum Gasteiger partial charge on any atom is 0.269 e. The SMILES string of the molecule is CCOc1ccc(-c2cn3c(CC(=O)Nc4ccc([N+](=O)[O-])cc4C)csc3n2)cc1. The molecule has 0 bridgehead atoms. The van der Waals surface area contributed by atoms with Gasteiger partial charge in [-0.05, 0) is 49.7 Å². The lowest BCUT2D eigenvalue weighted by atomic mass is 10.1. The number of carbonyl (C=O) groups is 1. The molecule has 9 heteroatoms. The maximum absolute atomic E-state index is 12.6. The Balaban J connectivity index is 1.50. The maximum atomic E-state index is 12.6. The number of nitrogens with one attached hydrogen (secondary N) is 1. The van der Waals surface area contributed by atoms with Crippen LogP contribution in [0.5, 0.6) is 5.75 Å². The molecule has 0 fully saturated rings. The van der Waals surface area contributed by atoms with Gasteiger partial charge < -0.3 is 10.1 Å². The first-order chi connectivity index (χ1) is 14.9. The highest BCUT2D eigenvalue weighted by atomic mass is 32.1. The molecular weight excluding hydrogens is 416 g/mol. The summed E-state index contributed by atoms with van der Waals surface area (Å²) in [4.78, 5) is 28.5. The van der Waals surface area contributed by atoms with Crippen LogP contribution in [0, 0.1) is 17.0 Å². The minimum atomic E-state index is -0.457. The molecule has 158 valence electrons. The van der Waals surface area contributed by atoms with E-state index in [1.54, 1.807) is 13.0 Å². The minimum Gasteiger partial charge on any atom is -0.494 e. The van der Waals surface area contributed by atoms with Gasteiger partial charge in [0.25, 0.3) is 5.69 Å². The van der Waals surface area contributed by atoms with Gasteiger partial charge in [-0.3, -0.25) is 19.3 Å². The van der Waals surface area contributed by atoms with Crippen molar-refractivity contribution in [1.82, 2.24) is 9.38 Å². The number of nitro groups is 1. The number of aromatic nitrogens is 2. The first-order valence-corrected chi connectivity index (χ1v) is 10.6. The van der Waals surface area contributed by atoms with E-state index in [-0.39, 0.29) is 18.0 Å². The van der Waals surface area contributed by atoms with Gasteiger partial charge in [-0.25, -0.2) is 4.98 Å². The van der Waals surface area contributed by atoms with Gasteiger partial charge in [0.2, 0.25) is 5.91 Å². The summed E-state index contributed by atoms with van der Waals surface area (Å²) in [7, 11) is 0. The van der Waals surface area contributed by atoms with Crippen molar-refractivity contribution in [3.8, 4) is 17.0 Å². The molecule has 0 saturated carbocycles. The lowest BCUT2D eigenvalue weighted by Gasteiger charge is -2.08. The number of rotatable bonds is 7. The third-order valence-electron chi connectivity index (χ3n) is 4.78. The number of nitro benzene ring substituents is 1. The van der Waals surface area contributed by atoms with E-state index in [0.29, 0.717) is 17.9 Å². The van der Waals surface area contributed by atoms with E-state index < -0.39 is 4.92 Å². The molecular formula is C22H20N4O4S. The lowest BCUT2D eigenvalue weighted by molar-refractivity contribution is -0.384. The molecule has 0 unspecified atom stereocenters. The van der Waals surface area contributed by atoms with Crippen LogP contribution in [0.25, 0.3) is 16.2 Å². The Hall–Kier alpha value is -3.72. The van der Waals surface area contributed by atoms with Gasteiger partial charge in [-0.15, -0.1) is 11.3 Å². The average molecular weight is 436 g/mol. The first-order valence-electron chi connectivity index (χ1n) is 9.68. The number of imidazole rings is 1. The van der Waals surface area contributed by atoms with Gasteiger partial charge in [-0.1, -0.05) is 0 Å². The normalized spacial score (nSPS) is 10.9. The number of anilines is 1. The second-order valence-corrected chi connectivity index (χ2v) is 7.78. The zero-order valence-corrected chi connectivity index (χ0v) is 17.8. The predicted octanol–water partition coefficient (Wildman–Crippen LogP) is 4.86. The monoisotopic (exact) mass is 436 g/mol. The molecule has 0 aliphatic heterocycles. The van der Waals surface area contributed by atoms with Crippen LogP contribution in [-0.2, 0) is 11.2 Å². The highest BCUT2D eigenvalue weighted by Crippen LogP contribution is 2.26. The summed E-state index contributed by atoms with van der Waals surface area (Å²) in [6.45, 7) is 4.28. The van der Waals surface area contributed by atoms with Crippen molar-refractivity contribution in [3.63, 3.8) is 0 Å². The Morgan fingerprint density at radius 1 is 1.26 bits per heavy atom. The molecule has 8 nitrogen and oxygen atoms in total. The predicted molar refractivity (Wildman–Crippen MR) is 120 cm³/mol. The number of amides is 1. The summed E-state index contributed by atoms with van der Waals surface area (Å²) < 4.78 is 7.39. The molecule has 2 aromatic heterocycles. The third kappa shape index (κ3) is 4.41. The summed E-state index contributed by atoms with van der Waals surface area (Å²) in [6, 6.07) is 12.1. The van der Waals surface area contributed by atoms with Crippen LogP contribution in [0.15, 0.2) is 54.0 Å². The number of carbonyl (C=O) groups excluding carboxylic acids is 1. The number of non-ortho nitro benzene ring substituents is 1. The first kappa shape index (κ1) is 20.5. The van der Waals surface area contributed by atoms with Gasteiger partial charge in [0, 0.05) is 40.7 Å². The molecule has 4 rings (SSSR count). The number of fused-ring (bicyclic) bond motifs is 1. The number of thiazole rings is 1. The molecule has 31 heavy (non-hydrogen) atoms. The largest absolute Gasteiger partial charge is 0.494 e. The van der Waals surface area contributed by atoms with Crippen LogP contribution >= 0.6 is 11.3 Å². The molecule has 2 heterocycles. The summed E-state index contributed by atoms with van der Waals surface area (Å²) in [5, 5.41) is 15.6. The number of hydrogen-bond donors (Lipinski definition) is 1. The summed E-state index contributed by atoms with van der Waals surface area (Å²) in [6.07, 6.45) is 2.08. The Bertz CT molecular complexity index is 1260. The topological polar surface area (TPSA) is 98.8 Å². The molecule has 0 spiro atoms. The number of nitrogens with zero attached hydrogens (tertiary/aromatic N) is 3. The van der Waals surface area contributed by atoms with Crippen LogP contribution < -0.4 is 10.1 Å². The van der Waals surface area contributed by atoms with E-state index in [0.717, 1.165) is 27.7 Å². The average Bonchev–Trinajstić information content (AvgIpc) is 3.32. The lowest BCUT2D eigenvalue weighted by Crippen LogP contribution is -2.16. The van der Waals surface area contributed by atoms with Crippen molar-refractivity contribution in [2.75, 3.05) is 11.9 Å². The van der Waals surface area contributed by atoms with Crippen molar-refractivity contribution in [3.05, 3.63) is 75.4 Å². The molecule has 1 N–H and O–H groups in total. The zero-order valence-electron chi connectivity index (χ0n) is 17.0. The van der Waals surface area contributed by atoms with E-state index >= 15 is 0 Å². The Morgan fingerprint density at radius 3 is 2.71 bits per heavy atom. The molecule has 0 radical (unpaired) electrons. The standard InChI is InChI=1S/C22H20N4O4S/c1-3-30-18-7-4-15(5-8-18)20-12-25-17(13-31-22(25)24-20)11-21(27)23-19-9-6-16(26(28)29)10-14(19)2/h4-10,12-13H,3,11H2,1-2H3,(H,23,27). The summed E-state index contributed by atoms with van der Waals surface area (Å²) in [5.41, 5.74) is 3.80. The van der Waals surface area contributed by atoms with Gasteiger partial charge in [0.1, 0.15) is 5.75 Å². The Morgan fingerprint density at radius 2 is 2.03 bits per heavy atom. The molecule has 0 atom stereocenters. The van der Waals surface area contributed by atoms with Crippen LogP contribution in [0.4, 0.5) is 11.4 Å². The van der Waals surface area contributed by atoms with Crippen molar-refractivity contribution in [2.45, 2.75) is 20.3 Å². The van der Waals surface area contributed by atoms with Crippen LogP contribution in [0.3, 0.4) is 0 Å². The van der Waals surface area contributed by atoms with E-state index in [1.165, 1.54) is 23.5 Å². The number of ether oxygens (including phenoxy) is 1. The molecule has 0 aliphatic carbocycles. The quantitative estimate of drug-likeness (QED) is 0.329. The van der Waals surface area contributed by atoms with Crippen molar-refractivity contribution >= 4 is 33.6 Å². The minimum absolute atomic E-state index is 0.00437. The Labute approximate surface area is 182 Å². The van der Waals surface area contributed by atoms with Gasteiger partial charge in [0.15, 0.2) is 4.96 Å². The fraction of sp³-hybridized carbons (Fsp3) is 0.182. The van der Waals surface area contributed by atoms with E-state index in [1.807, 2.05) is 47.2 Å². The molecule has 0 aliphatic rings. The fourth-order valence-corrected chi connectivity index (χ4v) is 4.12. The second-order valence-electron chi connectivity index (χ2n) is 6.94.